The second-order valence-corrected chi connectivity index (χ2v) is 9.99. The van der Waals surface area contributed by atoms with Crippen molar-refractivity contribution in [1.82, 2.24) is 9.88 Å². The van der Waals surface area contributed by atoms with Gasteiger partial charge in [-0.25, -0.2) is 4.79 Å². The molecule has 1 spiro atoms. The molecule has 6 rings (SSSR count). The summed E-state index contributed by atoms with van der Waals surface area (Å²) in [4.78, 5) is 26.6. The zero-order chi connectivity index (χ0) is 25.1. The van der Waals surface area contributed by atoms with Crippen molar-refractivity contribution in [2.45, 2.75) is 30.8 Å². The zero-order valence-corrected chi connectivity index (χ0v) is 20.4. The molecule has 0 saturated carbocycles. The summed E-state index contributed by atoms with van der Waals surface area (Å²) in [6.45, 7) is 3.78. The fraction of sp³-hybridized carbons (Fsp3) is 0.200. The maximum atomic E-state index is 13.6. The first-order valence-corrected chi connectivity index (χ1v) is 11.9. The lowest BCUT2D eigenvalue weighted by atomic mass is 9.77. The van der Waals surface area contributed by atoms with Crippen molar-refractivity contribution >= 4 is 33.9 Å². The van der Waals surface area contributed by atoms with E-state index in [0.717, 1.165) is 39.0 Å². The van der Waals surface area contributed by atoms with E-state index >= 15 is 0 Å². The van der Waals surface area contributed by atoms with E-state index in [4.69, 9.17) is 4.99 Å². The average molecular weight is 472 g/mol. The summed E-state index contributed by atoms with van der Waals surface area (Å²) in [6.07, 6.45) is 11.9. The van der Waals surface area contributed by atoms with Crippen LogP contribution >= 0.6 is 0 Å². The van der Waals surface area contributed by atoms with Gasteiger partial charge in [0.05, 0.1) is 28.8 Å². The Labute approximate surface area is 210 Å². The van der Waals surface area contributed by atoms with Crippen molar-refractivity contribution in [3.8, 4) is 6.07 Å². The van der Waals surface area contributed by atoms with Gasteiger partial charge in [0.1, 0.15) is 5.54 Å². The van der Waals surface area contributed by atoms with Crippen LogP contribution in [0.5, 0.6) is 0 Å². The molecule has 1 aliphatic carbocycles. The second-order valence-electron chi connectivity index (χ2n) is 9.99. The van der Waals surface area contributed by atoms with Crippen molar-refractivity contribution in [2.75, 3.05) is 11.9 Å². The quantitative estimate of drug-likeness (QED) is 0.496. The van der Waals surface area contributed by atoms with Crippen LogP contribution in [0.25, 0.3) is 16.5 Å². The summed E-state index contributed by atoms with van der Waals surface area (Å²) in [5, 5.41) is 10.6. The summed E-state index contributed by atoms with van der Waals surface area (Å²) in [7, 11) is 1.83. The van der Waals surface area contributed by atoms with Crippen LogP contribution in [0, 0.1) is 11.3 Å². The largest absolute Gasteiger partial charge is 0.326 e. The van der Waals surface area contributed by atoms with E-state index < -0.39 is 11.0 Å². The van der Waals surface area contributed by atoms with Gasteiger partial charge >= 0.3 is 6.03 Å². The van der Waals surface area contributed by atoms with Gasteiger partial charge < -0.3 is 4.90 Å². The molecular formula is C30H25N5O. The minimum Gasteiger partial charge on any atom is -0.318 e. The number of aliphatic imine (C=N–C) groups is 1. The molecule has 2 amide bonds. The lowest BCUT2D eigenvalue weighted by Gasteiger charge is -2.41. The maximum absolute atomic E-state index is 13.6. The Morgan fingerprint density at radius 2 is 1.89 bits per heavy atom. The molecule has 6 nitrogen and oxygen atoms in total. The van der Waals surface area contributed by atoms with Crippen molar-refractivity contribution < 1.29 is 4.79 Å². The highest BCUT2D eigenvalue weighted by Gasteiger charge is 2.58. The molecule has 176 valence electrons. The van der Waals surface area contributed by atoms with E-state index in [1.165, 1.54) is 0 Å². The van der Waals surface area contributed by atoms with E-state index in [1.807, 2.05) is 80.5 Å². The monoisotopic (exact) mass is 471 g/mol. The number of likely N-dealkylation sites (N-methyl/N-ethyl adjacent to an activating group) is 1. The fourth-order valence-corrected chi connectivity index (χ4v) is 5.36. The number of aromatic nitrogens is 1. The summed E-state index contributed by atoms with van der Waals surface area (Å²) in [5.74, 6) is 0. The number of nitrogens with zero attached hydrogens (tertiary/aromatic N) is 5. The molecule has 0 bridgehead atoms. The SMILES string of the molecule is CN1C(=O)N(c2ccc(C(C)(C)C#N)cc2)C23C=CC(c4cnc5ccccc5c4)=CC2=NC=CC13. The molecule has 2 unspecified atom stereocenters. The van der Waals surface area contributed by atoms with Gasteiger partial charge in [0.2, 0.25) is 0 Å². The van der Waals surface area contributed by atoms with Crippen LogP contribution in [0.15, 0.2) is 96.3 Å². The van der Waals surface area contributed by atoms with Gasteiger partial charge in [-0.3, -0.25) is 14.9 Å². The molecule has 0 radical (unpaired) electrons. The topological polar surface area (TPSA) is 72.6 Å². The molecule has 3 heterocycles. The number of amides is 2. The number of nitriles is 1. The van der Waals surface area contributed by atoms with Crippen LogP contribution in [0.4, 0.5) is 10.5 Å². The van der Waals surface area contributed by atoms with Crippen molar-refractivity contribution in [3.05, 3.63) is 102 Å². The Bertz CT molecular complexity index is 1570. The van der Waals surface area contributed by atoms with Crippen molar-refractivity contribution in [1.29, 1.82) is 5.26 Å². The molecule has 2 atom stereocenters. The predicted molar refractivity (Wildman–Crippen MR) is 143 cm³/mol. The highest BCUT2D eigenvalue weighted by Crippen LogP contribution is 2.44. The Kier molecular flexibility index (Phi) is 4.74. The van der Waals surface area contributed by atoms with Gasteiger partial charge in [-0.2, -0.15) is 5.26 Å². The van der Waals surface area contributed by atoms with Gasteiger partial charge in [0, 0.05) is 36.1 Å². The summed E-state index contributed by atoms with van der Waals surface area (Å²) >= 11 is 0. The van der Waals surface area contributed by atoms with Crippen LogP contribution in [0.1, 0.15) is 25.0 Å². The van der Waals surface area contributed by atoms with E-state index in [9.17, 15) is 10.1 Å². The highest BCUT2D eigenvalue weighted by atomic mass is 16.2. The Balaban J connectivity index is 1.44. The Morgan fingerprint density at radius 3 is 2.67 bits per heavy atom. The smallest absolute Gasteiger partial charge is 0.318 e. The average Bonchev–Trinajstić information content (AvgIpc) is 3.13. The van der Waals surface area contributed by atoms with Crippen LogP contribution < -0.4 is 4.90 Å². The molecule has 6 heteroatoms. The lowest BCUT2D eigenvalue weighted by Crippen LogP contribution is -2.57. The van der Waals surface area contributed by atoms with Crippen LogP contribution in [0.2, 0.25) is 0 Å². The number of hydrogen-bond acceptors (Lipinski definition) is 4. The van der Waals surface area contributed by atoms with E-state index in [2.05, 4.69) is 41.4 Å². The number of fused-ring (bicyclic) bond motifs is 1. The van der Waals surface area contributed by atoms with Crippen LogP contribution in [-0.2, 0) is 5.41 Å². The summed E-state index contributed by atoms with van der Waals surface area (Å²) < 4.78 is 0. The predicted octanol–water partition coefficient (Wildman–Crippen LogP) is 5.64. The lowest BCUT2D eigenvalue weighted by molar-refractivity contribution is 0.223. The van der Waals surface area contributed by atoms with Gasteiger partial charge in [-0.15, -0.1) is 0 Å². The number of hydrogen-bond donors (Lipinski definition) is 0. The third kappa shape index (κ3) is 3.06. The van der Waals surface area contributed by atoms with Gasteiger partial charge in [-0.05, 0) is 67.5 Å². The van der Waals surface area contributed by atoms with E-state index in [0.29, 0.717) is 0 Å². The molecule has 2 aliphatic heterocycles. The van der Waals surface area contributed by atoms with Crippen molar-refractivity contribution in [3.63, 3.8) is 0 Å². The molecule has 0 N–H and O–H groups in total. The third-order valence-corrected chi connectivity index (χ3v) is 7.48. The number of para-hydroxylation sites is 1. The fourth-order valence-electron chi connectivity index (χ4n) is 5.36. The minimum atomic E-state index is -0.763. The standard InChI is InChI=1S/C30H25N5O/c1-29(2,19-31)23-8-10-24(11-9-23)35-28(36)34(3)27-13-15-32-26-17-20(12-14-30(26,27)35)22-16-21-6-4-5-7-25(21)33-18-22/h4-18,27H,1-3H3. The van der Waals surface area contributed by atoms with E-state index in [-0.39, 0.29) is 12.1 Å². The number of urea groups is 1. The Hall–Kier alpha value is -4.50. The summed E-state index contributed by atoms with van der Waals surface area (Å²) in [6, 6.07) is 19.9. The first kappa shape index (κ1) is 22.0. The van der Waals surface area contributed by atoms with Crippen molar-refractivity contribution in [2.24, 2.45) is 4.99 Å². The number of anilines is 1. The zero-order valence-electron chi connectivity index (χ0n) is 20.4. The third-order valence-electron chi connectivity index (χ3n) is 7.48. The molecule has 36 heavy (non-hydrogen) atoms. The first-order valence-electron chi connectivity index (χ1n) is 11.9. The number of carbonyl (C=O) groups is 1. The minimum absolute atomic E-state index is 0.0968. The number of benzene rings is 2. The number of rotatable bonds is 3. The summed E-state index contributed by atoms with van der Waals surface area (Å²) in [5.41, 5.74) is 4.06. The molecular weight excluding hydrogens is 446 g/mol. The van der Waals surface area contributed by atoms with Gasteiger partial charge in [0.25, 0.3) is 0 Å². The highest BCUT2D eigenvalue weighted by molar-refractivity contribution is 6.20. The molecule has 1 fully saturated rings. The molecule has 2 aromatic carbocycles. The molecule has 3 aliphatic rings. The van der Waals surface area contributed by atoms with Gasteiger partial charge in [0.15, 0.2) is 0 Å². The number of pyridine rings is 1. The van der Waals surface area contributed by atoms with Gasteiger partial charge in [-0.1, -0.05) is 36.4 Å². The molecule has 3 aromatic rings. The van der Waals surface area contributed by atoms with Crippen LogP contribution in [-0.4, -0.2) is 40.3 Å². The first-order chi connectivity index (χ1) is 17.3. The number of allylic oxidation sites excluding steroid dienone is 2. The molecule has 1 aromatic heterocycles. The van der Waals surface area contributed by atoms with E-state index in [1.54, 1.807) is 11.1 Å². The normalized spacial score (nSPS) is 22.7. The second kappa shape index (κ2) is 7.76. The Morgan fingerprint density at radius 1 is 1.11 bits per heavy atom. The van der Waals surface area contributed by atoms with Crippen LogP contribution in [0.3, 0.4) is 0 Å². The number of carbonyl (C=O) groups excluding carboxylic acids is 1. The molecule has 1 saturated heterocycles. The maximum Gasteiger partial charge on any atom is 0.326 e.